The maximum atomic E-state index is 3.38. The summed E-state index contributed by atoms with van der Waals surface area (Å²) in [6.45, 7) is 12.2. The van der Waals surface area contributed by atoms with Crippen LogP contribution in [-0.4, -0.2) is 37.6 Å². The molecule has 2 heteroatoms. The fourth-order valence-corrected chi connectivity index (χ4v) is 2.67. The van der Waals surface area contributed by atoms with Crippen LogP contribution in [0.2, 0.25) is 0 Å². The number of nitrogens with one attached hydrogen (secondary N) is 1. The molecule has 1 aromatic carbocycles. The summed E-state index contributed by atoms with van der Waals surface area (Å²) in [5.74, 6) is 0. The summed E-state index contributed by atoms with van der Waals surface area (Å²) in [5, 5.41) is 3.38. The number of nitrogens with zero attached hydrogens (tertiary/aromatic N) is 1. The Labute approximate surface area is 111 Å². The molecule has 0 atom stereocenters. The fourth-order valence-electron chi connectivity index (χ4n) is 2.67. The van der Waals surface area contributed by atoms with E-state index in [0.717, 1.165) is 32.7 Å². The first-order valence-corrected chi connectivity index (χ1v) is 6.84. The third-order valence-electron chi connectivity index (χ3n) is 3.60. The molecule has 0 amide bonds. The van der Waals surface area contributed by atoms with Crippen LogP contribution in [0.15, 0.2) is 18.2 Å². The van der Waals surface area contributed by atoms with E-state index in [4.69, 9.17) is 0 Å². The van der Waals surface area contributed by atoms with Gasteiger partial charge in [0.1, 0.15) is 0 Å². The minimum atomic E-state index is 1.06. The largest absolute Gasteiger partial charge is 0.314 e. The minimum Gasteiger partial charge on any atom is -0.314 e. The number of aryl methyl sites for hydroxylation is 3. The van der Waals surface area contributed by atoms with Crippen LogP contribution >= 0.6 is 0 Å². The third kappa shape index (κ3) is 3.44. The van der Waals surface area contributed by atoms with E-state index in [1.165, 1.54) is 22.3 Å². The molecule has 0 radical (unpaired) electrons. The number of rotatable bonds is 3. The molecule has 1 aliphatic heterocycles. The second kappa shape index (κ2) is 6.17. The molecule has 0 aliphatic carbocycles. The lowest BCUT2D eigenvalue weighted by Gasteiger charge is -2.25. The zero-order valence-corrected chi connectivity index (χ0v) is 11.8. The van der Waals surface area contributed by atoms with Gasteiger partial charge in [0.15, 0.2) is 0 Å². The van der Waals surface area contributed by atoms with Gasteiger partial charge >= 0.3 is 0 Å². The first-order chi connectivity index (χ1) is 8.66. The van der Waals surface area contributed by atoms with Crippen LogP contribution in [0.3, 0.4) is 0 Å². The molecule has 1 aliphatic rings. The first kappa shape index (κ1) is 13.3. The molecule has 0 unspecified atom stereocenters. The molecular formula is C16H24N2. The van der Waals surface area contributed by atoms with E-state index in [1.54, 1.807) is 0 Å². The van der Waals surface area contributed by atoms with Crippen LogP contribution in [-0.2, 0) is 0 Å². The highest BCUT2D eigenvalue weighted by Gasteiger charge is 2.07. The SMILES string of the molecule is Cc1cc(C)c(/C=C/CN2CCNCC2)c(C)c1. The molecule has 1 aromatic rings. The van der Waals surface area contributed by atoms with Gasteiger partial charge in [0.2, 0.25) is 0 Å². The molecule has 1 fully saturated rings. The van der Waals surface area contributed by atoms with Crippen molar-refractivity contribution in [2.45, 2.75) is 20.8 Å². The highest BCUT2D eigenvalue weighted by Crippen LogP contribution is 2.17. The van der Waals surface area contributed by atoms with E-state index < -0.39 is 0 Å². The molecule has 0 aromatic heterocycles. The van der Waals surface area contributed by atoms with Gasteiger partial charge in [-0.15, -0.1) is 0 Å². The quantitative estimate of drug-likeness (QED) is 0.879. The zero-order valence-electron chi connectivity index (χ0n) is 11.8. The fraction of sp³-hybridized carbons (Fsp3) is 0.500. The predicted molar refractivity (Wildman–Crippen MR) is 79.0 cm³/mol. The average molecular weight is 244 g/mol. The summed E-state index contributed by atoms with van der Waals surface area (Å²) >= 11 is 0. The highest BCUT2D eigenvalue weighted by atomic mass is 15.2. The van der Waals surface area contributed by atoms with Crippen LogP contribution in [0, 0.1) is 20.8 Å². The van der Waals surface area contributed by atoms with Crippen molar-refractivity contribution < 1.29 is 0 Å². The molecule has 2 rings (SSSR count). The van der Waals surface area contributed by atoms with Crippen molar-refractivity contribution in [3.05, 3.63) is 40.5 Å². The number of hydrogen-bond donors (Lipinski definition) is 1. The summed E-state index contributed by atoms with van der Waals surface area (Å²) < 4.78 is 0. The van der Waals surface area contributed by atoms with Gasteiger partial charge in [-0.25, -0.2) is 0 Å². The lowest BCUT2D eigenvalue weighted by Crippen LogP contribution is -2.43. The molecule has 98 valence electrons. The molecule has 0 saturated carbocycles. The molecule has 0 spiro atoms. The monoisotopic (exact) mass is 244 g/mol. The van der Waals surface area contributed by atoms with Gasteiger partial charge in [0.25, 0.3) is 0 Å². The van der Waals surface area contributed by atoms with E-state index in [2.05, 4.69) is 55.3 Å². The highest BCUT2D eigenvalue weighted by molar-refractivity contribution is 5.58. The molecule has 2 nitrogen and oxygen atoms in total. The standard InChI is InChI=1S/C16H24N2/c1-13-11-14(2)16(15(3)12-13)5-4-8-18-9-6-17-7-10-18/h4-5,11-12,17H,6-10H2,1-3H3/b5-4+. The Kier molecular flexibility index (Phi) is 4.56. The molecule has 1 saturated heterocycles. The van der Waals surface area contributed by atoms with Crippen molar-refractivity contribution in [2.24, 2.45) is 0 Å². The Hall–Kier alpha value is -1.12. The summed E-state index contributed by atoms with van der Waals surface area (Å²) in [5.41, 5.74) is 5.49. The van der Waals surface area contributed by atoms with Crippen molar-refractivity contribution in [3.63, 3.8) is 0 Å². The summed E-state index contributed by atoms with van der Waals surface area (Å²) in [4.78, 5) is 2.49. The van der Waals surface area contributed by atoms with Gasteiger partial charge in [-0.2, -0.15) is 0 Å². The van der Waals surface area contributed by atoms with E-state index in [1.807, 2.05) is 0 Å². The normalized spacial score (nSPS) is 17.5. The maximum absolute atomic E-state index is 3.38. The van der Waals surface area contributed by atoms with Gasteiger partial charge in [0.05, 0.1) is 0 Å². The summed E-state index contributed by atoms with van der Waals surface area (Å²) in [7, 11) is 0. The lowest BCUT2D eigenvalue weighted by molar-refractivity contribution is 0.265. The topological polar surface area (TPSA) is 15.3 Å². The van der Waals surface area contributed by atoms with E-state index in [-0.39, 0.29) is 0 Å². The molecule has 0 bridgehead atoms. The van der Waals surface area contributed by atoms with E-state index >= 15 is 0 Å². The van der Waals surface area contributed by atoms with E-state index in [0.29, 0.717) is 0 Å². The number of piperazine rings is 1. The Morgan fingerprint density at radius 3 is 2.33 bits per heavy atom. The van der Waals surface area contributed by atoms with Gasteiger partial charge in [-0.1, -0.05) is 29.8 Å². The third-order valence-corrected chi connectivity index (χ3v) is 3.60. The van der Waals surface area contributed by atoms with Gasteiger partial charge in [-0.3, -0.25) is 4.90 Å². The minimum absolute atomic E-state index is 1.06. The van der Waals surface area contributed by atoms with Gasteiger partial charge < -0.3 is 5.32 Å². The smallest absolute Gasteiger partial charge is 0.0167 e. The lowest BCUT2D eigenvalue weighted by atomic mass is 9.99. The van der Waals surface area contributed by atoms with Crippen LogP contribution in [0.4, 0.5) is 0 Å². The molecule has 1 heterocycles. The van der Waals surface area contributed by atoms with Crippen molar-refractivity contribution in [2.75, 3.05) is 32.7 Å². The van der Waals surface area contributed by atoms with Crippen LogP contribution in [0.5, 0.6) is 0 Å². The maximum Gasteiger partial charge on any atom is 0.0167 e. The Morgan fingerprint density at radius 1 is 1.11 bits per heavy atom. The van der Waals surface area contributed by atoms with Crippen molar-refractivity contribution in [1.82, 2.24) is 10.2 Å². The average Bonchev–Trinajstić information content (AvgIpc) is 2.34. The van der Waals surface area contributed by atoms with Gasteiger partial charge in [-0.05, 0) is 37.5 Å². The summed E-state index contributed by atoms with van der Waals surface area (Å²) in [6, 6.07) is 4.52. The van der Waals surface area contributed by atoms with Crippen molar-refractivity contribution in [1.29, 1.82) is 0 Å². The Balaban J connectivity index is 2.00. The van der Waals surface area contributed by atoms with Crippen LogP contribution < -0.4 is 5.32 Å². The number of hydrogen-bond acceptors (Lipinski definition) is 2. The second-order valence-corrected chi connectivity index (χ2v) is 5.27. The Morgan fingerprint density at radius 2 is 1.72 bits per heavy atom. The first-order valence-electron chi connectivity index (χ1n) is 6.84. The molecular weight excluding hydrogens is 220 g/mol. The van der Waals surface area contributed by atoms with E-state index in [9.17, 15) is 0 Å². The molecule has 1 N–H and O–H groups in total. The van der Waals surface area contributed by atoms with Crippen molar-refractivity contribution in [3.8, 4) is 0 Å². The Bertz CT molecular complexity index is 406. The van der Waals surface area contributed by atoms with Crippen molar-refractivity contribution >= 4 is 6.08 Å². The van der Waals surface area contributed by atoms with Crippen LogP contribution in [0.25, 0.3) is 6.08 Å². The zero-order chi connectivity index (χ0) is 13.0. The predicted octanol–water partition coefficient (Wildman–Crippen LogP) is 2.53. The summed E-state index contributed by atoms with van der Waals surface area (Å²) in [6.07, 6.45) is 4.59. The second-order valence-electron chi connectivity index (χ2n) is 5.27. The molecule has 18 heavy (non-hydrogen) atoms. The number of benzene rings is 1. The van der Waals surface area contributed by atoms with Gasteiger partial charge in [0, 0.05) is 32.7 Å². The van der Waals surface area contributed by atoms with Crippen LogP contribution in [0.1, 0.15) is 22.3 Å².